The quantitative estimate of drug-likeness (QED) is 0.816. The lowest BCUT2D eigenvalue weighted by Crippen LogP contribution is -2.31. The molecule has 0 aromatic heterocycles. The van der Waals surface area contributed by atoms with Crippen LogP contribution in [0.5, 0.6) is 5.75 Å². The van der Waals surface area contributed by atoms with Gasteiger partial charge in [-0.1, -0.05) is 35.3 Å². The molecule has 1 heterocycles. The smallest absolute Gasteiger partial charge is 0.142 e. The normalized spacial score (nSPS) is 14.8. The maximum Gasteiger partial charge on any atom is 0.142 e. The first-order chi connectivity index (χ1) is 9.20. The van der Waals surface area contributed by atoms with Crippen molar-refractivity contribution in [2.75, 3.05) is 6.73 Å². The molecule has 4 heteroatoms. The Morgan fingerprint density at radius 1 is 1.00 bits per heavy atom. The lowest BCUT2D eigenvalue weighted by atomic mass is 10.1. The largest absolute Gasteiger partial charge is 0.478 e. The van der Waals surface area contributed by atoms with Crippen LogP contribution in [0.15, 0.2) is 42.5 Å². The zero-order valence-corrected chi connectivity index (χ0v) is 11.8. The van der Waals surface area contributed by atoms with Crippen LogP contribution in [0.3, 0.4) is 0 Å². The van der Waals surface area contributed by atoms with Crippen molar-refractivity contribution in [2.45, 2.75) is 13.1 Å². The standard InChI is InChI=1S/C15H13Cl2NO/c16-13-3-1-11(2-4-13)8-18-9-12-7-14(17)5-6-15(12)19-10-18/h1-7H,8-10H2. The average Bonchev–Trinajstić information content (AvgIpc) is 2.41. The number of hydrogen-bond donors (Lipinski definition) is 0. The van der Waals surface area contributed by atoms with Crippen molar-refractivity contribution < 1.29 is 4.74 Å². The summed E-state index contributed by atoms with van der Waals surface area (Å²) in [6.45, 7) is 2.28. The third-order valence-electron chi connectivity index (χ3n) is 3.14. The summed E-state index contributed by atoms with van der Waals surface area (Å²) in [6, 6.07) is 13.6. The highest BCUT2D eigenvalue weighted by Gasteiger charge is 2.17. The molecule has 98 valence electrons. The molecule has 2 aromatic rings. The molecule has 1 aliphatic rings. The van der Waals surface area contributed by atoms with E-state index in [4.69, 9.17) is 27.9 Å². The minimum Gasteiger partial charge on any atom is -0.478 e. The number of benzene rings is 2. The van der Waals surface area contributed by atoms with Gasteiger partial charge < -0.3 is 4.74 Å². The van der Waals surface area contributed by atoms with Crippen molar-refractivity contribution in [3.63, 3.8) is 0 Å². The first kappa shape index (κ1) is 12.8. The second-order valence-electron chi connectivity index (χ2n) is 4.64. The van der Waals surface area contributed by atoms with Gasteiger partial charge in [0, 0.05) is 28.7 Å². The van der Waals surface area contributed by atoms with Crippen LogP contribution in [0.4, 0.5) is 0 Å². The van der Waals surface area contributed by atoms with E-state index in [9.17, 15) is 0 Å². The van der Waals surface area contributed by atoms with E-state index in [-0.39, 0.29) is 0 Å². The van der Waals surface area contributed by atoms with Crippen LogP contribution in [0.2, 0.25) is 10.0 Å². The fourth-order valence-corrected chi connectivity index (χ4v) is 2.53. The fourth-order valence-electron chi connectivity index (χ4n) is 2.21. The van der Waals surface area contributed by atoms with Crippen molar-refractivity contribution in [3.8, 4) is 5.75 Å². The van der Waals surface area contributed by atoms with E-state index in [2.05, 4.69) is 4.90 Å². The molecule has 0 saturated heterocycles. The van der Waals surface area contributed by atoms with Crippen molar-refractivity contribution >= 4 is 23.2 Å². The van der Waals surface area contributed by atoms with E-state index < -0.39 is 0 Å². The second-order valence-corrected chi connectivity index (χ2v) is 5.51. The molecule has 0 fully saturated rings. The van der Waals surface area contributed by atoms with Crippen molar-refractivity contribution in [3.05, 3.63) is 63.6 Å². The average molecular weight is 294 g/mol. The minimum absolute atomic E-state index is 0.595. The highest BCUT2D eigenvalue weighted by atomic mass is 35.5. The van der Waals surface area contributed by atoms with Crippen LogP contribution < -0.4 is 4.74 Å². The molecule has 0 bridgehead atoms. The van der Waals surface area contributed by atoms with Gasteiger partial charge in [0.2, 0.25) is 0 Å². The third kappa shape index (κ3) is 3.03. The monoisotopic (exact) mass is 293 g/mol. The fraction of sp³-hybridized carbons (Fsp3) is 0.200. The van der Waals surface area contributed by atoms with E-state index in [1.54, 1.807) is 0 Å². The van der Waals surface area contributed by atoms with E-state index >= 15 is 0 Å². The molecule has 3 rings (SSSR count). The summed E-state index contributed by atoms with van der Waals surface area (Å²) in [5.41, 5.74) is 2.35. The minimum atomic E-state index is 0.595. The summed E-state index contributed by atoms with van der Waals surface area (Å²) < 4.78 is 5.73. The molecule has 0 aliphatic carbocycles. The van der Waals surface area contributed by atoms with Gasteiger partial charge >= 0.3 is 0 Å². The van der Waals surface area contributed by atoms with Crippen LogP contribution in [-0.4, -0.2) is 11.6 Å². The highest BCUT2D eigenvalue weighted by Crippen LogP contribution is 2.28. The number of ether oxygens (including phenoxy) is 1. The molecule has 0 spiro atoms. The van der Waals surface area contributed by atoms with Crippen LogP contribution >= 0.6 is 23.2 Å². The number of fused-ring (bicyclic) bond motifs is 1. The van der Waals surface area contributed by atoms with Crippen LogP contribution in [-0.2, 0) is 13.1 Å². The van der Waals surface area contributed by atoms with E-state index in [1.165, 1.54) is 5.56 Å². The molecule has 0 unspecified atom stereocenters. The molecule has 0 amide bonds. The molecule has 0 atom stereocenters. The second kappa shape index (κ2) is 5.41. The maximum atomic E-state index is 6.01. The summed E-state index contributed by atoms with van der Waals surface area (Å²) in [5, 5.41) is 1.51. The summed E-state index contributed by atoms with van der Waals surface area (Å²) in [4.78, 5) is 2.22. The first-order valence-electron chi connectivity index (χ1n) is 6.09. The van der Waals surface area contributed by atoms with Gasteiger partial charge in [0.25, 0.3) is 0 Å². The van der Waals surface area contributed by atoms with Crippen molar-refractivity contribution in [1.29, 1.82) is 0 Å². The Hall–Kier alpha value is -1.22. The molecular formula is C15H13Cl2NO. The first-order valence-corrected chi connectivity index (χ1v) is 6.84. The highest BCUT2D eigenvalue weighted by molar-refractivity contribution is 6.30. The zero-order valence-electron chi connectivity index (χ0n) is 10.3. The molecule has 2 nitrogen and oxygen atoms in total. The molecule has 0 N–H and O–H groups in total. The Kier molecular flexibility index (Phi) is 3.65. The Morgan fingerprint density at radius 2 is 1.74 bits per heavy atom. The molecular weight excluding hydrogens is 281 g/mol. The molecule has 1 aliphatic heterocycles. The molecule has 0 saturated carbocycles. The van der Waals surface area contributed by atoms with Crippen LogP contribution in [0.1, 0.15) is 11.1 Å². The van der Waals surface area contributed by atoms with Crippen molar-refractivity contribution in [1.82, 2.24) is 4.90 Å². The van der Waals surface area contributed by atoms with Crippen LogP contribution in [0, 0.1) is 0 Å². The lowest BCUT2D eigenvalue weighted by molar-refractivity contribution is 0.0887. The molecule has 2 aromatic carbocycles. The van der Waals surface area contributed by atoms with Gasteiger partial charge in [-0.25, -0.2) is 0 Å². The van der Waals surface area contributed by atoms with Gasteiger partial charge in [-0.3, -0.25) is 4.90 Å². The Balaban J connectivity index is 1.73. The molecule has 0 radical (unpaired) electrons. The lowest BCUT2D eigenvalue weighted by Gasteiger charge is -2.29. The topological polar surface area (TPSA) is 12.5 Å². The van der Waals surface area contributed by atoms with E-state index in [1.807, 2.05) is 42.5 Å². The van der Waals surface area contributed by atoms with E-state index in [0.717, 1.165) is 34.4 Å². The zero-order chi connectivity index (χ0) is 13.2. The van der Waals surface area contributed by atoms with Crippen molar-refractivity contribution in [2.24, 2.45) is 0 Å². The summed E-state index contributed by atoms with van der Waals surface area (Å²) >= 11 is 11.9. The van der Waals surface area contributed by atoms with E-state index in [0.29, 0.717) is 6.73 Å². The number of hydrogen-bond acceptors (Lipinski definition) is 2. The van der Waals surface area contributed by atoms with Gasteiger partial charge in [0.05, 0.1) is 0 Å². The predicted octanol–water partition coefficient (Wildman–Crippen LogP) is 4.35. The van der Waals surface area contributed by atoms with Crippen LogP contribution in [0.25, 0.3) is 0 Å². The van der Waals surface area contributed by atoms with Gasteiger partial charge in [-0.05, 0) is 35.9 Å². The molecule has 19 heavy (non-hydrogen) atoms. The third-order valence-corrected chi connectivity index (χ3v) is 3.63. The number of rotatable bonds is 2. The number of nitrogens with zero attached hydrogens (tertiary/aromatic N) is 1. The summed E-state index contributed by atoms with van der Waals surface area (Å²) in [5.74, 6) is 0.928. The Labute approximate surface area is 122 Å². The Bertz CT molecular complexity index is 583. The van der Waals surface area contributed by atoms with Gasteiger partial charge in [-0.15, -0.1) is 0 Å². The SMILES string of the molecule is Clc1ccc(CN2COc3ccc(Cl)cc3C2)cc1. The number of halogens is 2. The Morgan fingerprint density at radius 3 is 2.53 bits per heavy atom. The van der Waals surface area contributed by atoms with Gasteiger partial charge in [0.1, 0.15) is 12.5 Å². The maximum absolute atomic E-state index is 6.01. The summed E-state index contributed by atoms with van der Waals surface area (Å²) in [6.07, 6.45) is 0. The summed E-state index contributed by atoms with van der Waals surface area (Å²) in [7, 11) is 0. The van der Waals surface area contributed by atoms with Gasteiger partial charge in [-0.2, -0.15) is 0 Å². The van der Waals surface area contributed by atoms with Gasteiger partial charge in [0.15, 0.2) is 0 Å². The predicted molar refractivity (Wildman–Crippen MR) is 77.6 cm³/mol.